The zero-order chi connectivity index (χ0) is 29.3. The molecule has 1 aromatic heterocycles. The van der Waals surface area contributed by atoms with Gasteiger partial charge in [-0.2, -0.15) is 15.0 Å². The summed E-state index contributed by atoms with van der Waals surface area (Å²) in [6.45, 7) is 2.16. The van der Waals surface area contributed by atoms with Crippen LogP contribution in [0.15, 0.2) is 36.4 Å². The minimum Gasteiger partial charge on any atom is -0.507 e. The van der Waals surface area contributed by atoms with Crippen LogP contribution in [0.2, 0.25) is 10.0 Å². The summed E-state index contributed by atoms with van der Waals surface area (Å²) < 4.78 is 0. The first-order chi connectivity index (χ1) is 19.5. The molecule has 1 amide bonds. The number of hydrogen-bond donors (Lipinski definition) is 7. The summed E-state index contributed by atoms with van der Waals surface area (Å²) in [6, 6.07) is 8.75. The van der Waals surface area contributed by atoms with E-state index in [1.165, 1.54) is 18.2 Å². The Hall–Kier alpha value is -3.46. The normalized spacial score (nSPS) is 22.9. The van der Waals surface area contributed by atoms with Crippen molar-refractivity contribution in [2.75, 3.05) is 46.6 Å². The molecule has 2 saturated heterocycles. The Labute approximate surface area is 247 Å². The van der Waals surface area contributed by atoms with Crippen molar-refractivity contribution in [3.8, 4) is 5.75 Å². The van der Waals surface area contributed by atoms with Gasteiger partial charge in [-0.3, -0.25) is 4.79 Å². The van der Waals surface area contributed by atoms with Crippen molar-refractivity contribution in [2.45, 2.75) is 37.0 Å². The average molecular weight is 603 g/mol. The average Bonchev–Trinajstić information content (AvgIpc) is 2.89. The number of benzene rings is 2. The minimum atomic E-state index is -0.521. The maximum atomic E-state index is 12.8. The van der Waals surface area contributed by atoms with Gasteiger partial charge in [0.2, 0.25) is 17.8 Å². The smallest absolute Gasteiger partial charge is 0.259 e. The summed E-state index contributed by atoms with van der Waals surface area (Å²) in [5.74, 6) is 0.295. The third-order valence-corrected chi connectivity index (χ3v) is 7.62. The number of nitrogens with zero attached hydrogens (tertiary/aromatic N) is 5. The second-order valence-corrected chi connectivity index (χ2v) is 11.3. The van der Waals surface area contributed by atoms with Crippen LogP contribution < -0.4 is 43.4 Å². The molecule has 0 aliphatic carbocycles. The molecule has 5 rings (SSSR count). The Morgan fingerprint density at radius 3 is 1.83 bits per heavy atom. The number of carbonyl (C=O) groups is 1. The lowest BCUT2D eigenvalue weighted by Crippen LogP contribution is -2.54. The van der Waals surface area contributed by atoms with Gasteiger partial charge in [0, 0.05) is 67.8 Å². The zero-order valence-electron chi connectivity index (χ0n) is 22.2. The number of nitrogens with two attached hydrogens (primary N) is 4. The fourth-order valence-electron chi connectivity index (χ4n) is 5.08. The first kappa shape index (κ1) is 29.0. The maximum absolute atomic E-state index is 12.8. The summed E-state index contributed by atoms with van der Waals surface area (Å²) in [5.41, 5.74) is 25.9. The predicted octanol–water partition coefficient (Wildman–Crippen LogP) is 1.61. The van der Waals surface area contributed by atoms with Crippen molar-refractivity contribution in [3.05, 3.63) is 52.0 Å². The van der Waals surface area contributed by atoms with E-state index in [1.54, 1.807) is 18.2 Å². The number of amides is 1. The highest BCUT2D eigenvalue weighted by Crippen LogP contribution is 2.29. The first-order valence-corrected chi connectivity index (χ1v) is 13.9. The Morgan fingerprint density at radius 2 is 1.32 bits per heavy atom. The number of rotatable bonds is 6. The lowest BCUT2D eigenvalue weighted by molar-refractivity contribution is 0.102. The lowest BCUT2D eigenvalue weighted by Gasteiger charge is -2.37. The molecule has 2 fully saturated rings. The molecule has 0 saturated carbocycles. The van der Waals surface area contributed by atoms with Crippen molar-refractivity contribution in [3.63, 3.8) is 0 Å². The van der Waals surface area contributed by atoms with E-state index in [2.05, 4.69) is 20.6 Å². The number of phenolic OH excluding ortho intramolecular Hbond substituents is 1. The monoisotopic (exact) mass is 601 g/mol. The number of phenols is 1. The molecule has 218 valence electrons. The number of aromatic nitrogens is 3. The number of halogens is 2. The highest BCUT2D eigenvalue weighted by Gasteiger charge is 2.29. The van der Waals surface area contributed by atoms with Crippen molar-refractivity contribution < 1.29 is 9.90 Å². The Kier molecular flexibility index (Phi) is 8.63. The highest BCUT2D eigenvalue weighted by molar-refractivity contribution is 6.42. The molecule has 3 aromatic rings. The molecule has 15 heteroatoms. The van der Waals surface area contributed by atoms with E-state index in [0.717, 1.165) is 0 Å². The van der Waals surface area contributed by atoms with E-state index in [4.69, 9.17) is 51.1 Å². The maximum Gasteiger partial charge on any atom is 0.259 e. The number of nitrogens with one attached hydrogen (secondary N) is 2. The number of aromatic hydroxyl groups is 1. The summed E-state index contributed by atoms with van der Waals surface area (Å²) >= 11 is 12.0. The van der Waals surface area contributed by atoms with Gasteiger partial charge in [-0.25, -0.2) is 0 Å². The number of carbonyl (C=O) groups excluding carboxylic acids is 1. The standard InChI is InChI=1S/C26H33Cl2N11O2/c27-20-4-2-17(7-21(20)28)33-23(41)19-3-1-18(8-22(19)40)34-24-35-25(38-9-13(29)5-14(30)10-38)37-26(36-24)39-11-15(31)6-16(32)12-39/h1-4,7-8,13-16,40H,5-6,9-12,29-32H2,(H,33,41)(H,34,35,36,37)/t13-,14+,15-,16+. The molecular weight excluding hydrogens is 569 g/mol. The third kappa shape index (κ3) is 7.07. The third-order valence-electron chi connectivity index (χ3n) is 6.88. The second kappa shape index (κ2) is 12.2. The van der Waals surface area contributed by atoms with Crippen LogP contribution in [-0.4, -0.2) is 76.3 Å². The van der Waals surface area contributed by atoms with Crippen LogP contribution in [0.25, 0.3) is 0 Å². The molecule has 0 unspecified atom stereocenters. The fraction of sp³-hybridized carbons (Fsp3) is 0.385. The molecule has 13 nitrogen and oxygen atoms in total. The molecule has 3 heterocycles. The number of anilines is 5. The quantitative estimate of drug-likeness (QED) is 0.215. The van der Waals surface area contributed by atoms with E-state index in [9.17, 15) is 9.90 Å². The Morgan fingerprint density at radius 1 is 0.780 bits per heavy atom. The van der Waals surface area contributed by atoms with Crippen LogP contribution in [0.3, 0.4) is 0 Å². The van der Waals surface area contributed by atoms with E-state index in [1.807, 2.05) is 9.80 Å². The second-order valence-electron chi connectivity index (χ2n) is 10.5. The molecule has 41 heavy (non-hydrogen) atoms. The topological polar surface area (TPSA) is 211 Å². The van der Waals surface area contributed by atoms with Crippen molar-refractivity contribution >= 4 is 58.3 Å². The summed E-state index contributed by atoms with van der Waals surface area (Å²) in [6.07, 6.45) is 1.42. The van der Waals surface area contributed by atoms with E-state index in [-0.39, 0.29) is 41.4 Å². The van der Waals surface area contributed by atoms with Crippen molar-refractivity contribution in [2.24, 2.45) is 22.9 Å². The SMILES string of the molecule is N[C@@H]1C[C@H](N)CN(c2nc(Nc3ccc(C(=O)Nc4ccc(Cl)c(Cl)c4)c(O)c3)nc(N3C[C@H](N)C[C@H](N)C3)n2)C1. The molecular formula is C26H33Cl2N11O2. The van der Waals surface area contributed by atoms with Gasteiger partial charge in [0.1, 0.15) is 5.75 Å². The van der Waals surface area contributed by atoms with E-state index < -0.39 is 5.91 Å². The predicted molar refractivity (Wildman–Crippen MR) is 161 cm³/mol. The van der Waals surface area contributed by atoms with Crippen LogP contribution in [0, 0.1) is 0 Å². The summed E-state index contributed by atoms with van der Waals surface area (Å²) in [7, 11) is 0. The van der Waals surface area contributed by atoms with Gasteiger partial charge in [-0.1, -0.05) is 23.2 Å². The van der Waals surface area contributed by atoms with Gasteiger partial charge in [-0.05, 0) is 43.2 Å². The molecule has 2 aliphatic heterocycles. The van der Waals surface area contributed by atoms with Crippen LogP contribution in [0.1, 0.15) is 23.2 Å². The molecule has 4 atom stereocenters. The molecule has 11 N–H and O–H groups in total. The van der Waals surface area contributed by atoms with E-state index in [0.29, 0.717) is 72.3 Å². The van der Waals surface area contributed by atoms with Crippen LogP contribution >= 0.6 is 23.2 Å². The van der Waals surface area contributed by atoms with E-state index >= 15 is 0 Å². The zero-order valence-corrected chi connectivity index (χ0v) is 23.7. The summed E-state index contributed by atoms with van der Waals surface area (Å²) in [4.78, 5) is 30.6. The van der Waals surface area contributed by atoms with Gasteiger partial charge in [0.05, 0.1) is 15.6 Å². The molecule has 2 aliphatic rings. The largest absolute Gasteiger partial charge is 0.507 e. The number of hydrogen-bond acceptors (Lipinski definition) is 12. The lowest BCUT2D eigenvalue weighted by atomic mass is 10.0. The van der Waals surface area contributed by atoms with Gasteiger partial charge in [0.15, 0.2) is 0 Å². The molecule has 0 radical (unpaired) electrons. The van der Waals surface area contributed by atoms with Crippen LogP contribution in [-0.2, 0) is 0 Å². The van der Waals surface area contributed by atoms with Crippen molar-refractivity contribution in [1.29, 1.82) is 0 Å². The van der Waals surface area contributed by atoms with Crippen LogP contribution in [0.4, 0.5) is 29.2 Å². The van der Waals surface area contributed by atoms with Crippen LogP contribution in [0.5, 0.6) is 5.75 Å². The summed E-state index contributed by atoms with van der Waals surface area (Å²) in [5, 5.41) is 17.1. The van der Waals surface area contributed by atoms with Gasteiger partial charge in [-0.15, -0.1) is 0 Å². The highest BCUT2D eigenvalue weighted by atomic mass is 35.5. The van der Waals surface area contributed by atoms with Gasteiger partial charge < -0.3 is 48.5 Å². The molecule has 2 aromatic carbocycles. The molecule has 0 spiro atoms. The number of piperidine rings is 2. The Balaban J connectivity index is 1.40. The van der Waals surface area contributed by atoms with Gasteiger partial charge >= 0.3 is 0 Å². The minimum absolute atomic E-state index is 0.0613. The Bertz CT molecular complexity index is 1360. The van der Waals surface area contributed by atoms with Crippen molar-refractivity contribution in [1.82, 2.24) is 15.0 Å². The first-order valence-electron chi connectivity index (χ1n) is 13.2. The van der Waals surface area contributed by atoms with Gasteiger partial charge in [0.25, 0.3) is 5.91 Å². The fourth-order valence-corrected chi connectivity index (χ4v) is 5.38. The molecule has 0 bridgehead atoms.